The highest BCUT2D eigenvalue weighted by atomic mass is 32.1. The van der Waals surface area contributed by atoms with Gasteiger partial charge in [0, 0.05) is 15.8 Å². The van der Waals surface area contributed by atoms with Crippen molar-refractivity contribution in [3.05, 3.63) is 57.0 Å². The van der Waals surface area contributed by atoms with Gasteiger partial charge in [-0.05, 0) is 68.5 Å². The zero-order chi connectivity index (χ0) is 14.7. The third-order valence-corrected chi connectivity index (χ3v) is 5.66. The Hall–Kier alpha value is -1.19. The first-order valence-corrected chi connectivity index (χ1v) is 8.61. The number of halogens is 1. The molecule has 1 aliphatic rings. The van der Waals surface area contributed by atoms with Crippen LogP contribution < -0.4 is 5.32 Å². The van der Waals surface area contributed by atoms with Gasteiger partial charge >= 0.3 is 0 Å². The molecule has 3 heteroatoms. The van der Waals surface area contributed by atoms with Crippen molar-refractivity contribution < 1.29 is 4.39 Å². The number of nitrogens with one attached hydrogen (secondary N) is 1. The SMILES string of the molecule is CNC(Cc1ccc(F)cc1)c1cc2c(s1)CCCCC2. The van der Waals surface area contributed by atoms with E-state index in [0.717, 1.165) is 6.42 Å². The Bertz CT molecular complexity index is 564. The molecule has 1 aliphatic carbocycles. The fraction of sp³-hybridized carbons (Fsp3) is 0.444. The van der Waals surface area contributed by atoms with Gasteiger partial charge in [-0.15, -0.1) is 11.3 Å². The molecule has 0 amide bonds. The van der Waals surface area contributed by atoms with Gasteiger partial charge < -0.3 is 5.32 Å². The normalized spacial score (nSPS) is 16.3. The second kappa shape index (κ2) is 6.71. The van der Waals surface area contributed by atoms with Gasteiger partial charge in [0.05, 0.1) is 0 Å². The summed E-state index contributed by atoms with van der Waals surface area (Å²) in [5, 5.41) is 3.42. The van der Waals surface area contributed by atoms with Crippen LogP contribution in [0.1, 0.15) is 46.2 Å². The molecule has 112 valence electrons. The molecular weight excluding hydrogens is 281 g/mol. The van der Waals surface area contributed by atoms with Crippen molar-refractivity contribution >= 4 is 11.3 Å². The predicted molar refractivity (Wildman–Crippen MR) is 87.5 cm³/mol. The predicted octanol–water partition coefficient (Wildman–Crippen LogP) is 4.66. The van der Waals surface area contributed by atoms with Gasteiger partial charge in [-0.25, -0.2) is 4.39 Å². The average molecular weight is 303 g/mol. The number of fused-ring (bicyclic) bond motifs is 1. The lowest BCUT2D eigenvalue weighted by Crippen LogP contribution is -2.17. The van der Waals surface area contributed by atoms with Crippen LogP contribution in [0.3, 0.4) is 0 Å². The van der Waals surface area contributed by atoms with Crippen molar-refractivity contribution in [1.29, 1.82) is 0 Å². The van der Waals surface area contributed by atoms with Crippen molar-refractivity contribution in [3.63, 3.8) is 0 Å². The Kier molecular flexibility index (Phi) is 4.71. The summed E-state index contributed by atoms with van der Waals surface area (Å²) in [5.41, 5.74) is 2.74. The summed E-state index contributed by atoms with van der Waals surface area (Å²) in [6.45, 7) is 0. The molecule has 21 heavy (non-hydrogen) atoms. The second-order valence-electron chi connectivity index (χ2n) is 5.83. The maximum Gasteiger partial charge on any atom is 0.123 e. The zero-order valence-electron chi connectivity index (χ0n) is 12.5. The van der Waals surface area contributed by atoms with Crippen LogP contribution in [0.4, 0.5) is 4.39 Å². The highest BCUT2D eigenvalue weighted by Crippen LogP contribution is 2.33. The minimum atomic E-state index is -0.164. The van der Waals surface area contributed by atoms with E-state index in [2.05, 4.69) is 11.4 Å². The summed E-state index contributed by atoms with van der Waals surface area (Å²) >= 11 is 1.97. The first kappa shape index (κ1) is 14.7. The summed E-state index contributed by atoms with van der Waals surface area (Å²) in [6.07, 6.45) is 7.41. The van der Waals surface area contributed by atoms with Crippen LogP contribution in [-0.2, 0) is 19.3 Å². The van der Waals surface area contributed by atoms with E-state index in [-0.39, 0.29) is 5.82 Å². The third-order valence-electron chi connectivity index (χ3n) is 4.31. The van der Waals surface area contributed by atoms with Crippen LogP contribution in [0.25, 0.3) is 0 Å². The lowest BCUT2D eigenvalue weighted by Gasteiger charge is -2.14. The summed E-state index contributed by atoms with van der Waals surface area (Å²) in [6, 6.07) is 9.59. The number of hydrogen-bond donors (Lipinski definition) is 1. The van der Waals surface area contributed by atoms with E-state index >= 15 is 0 Å². The Morgan fingerprint density at radius 3 is 2.67 bits per heavy atom. The van der Waals surface area contributed by atoms with Crippen molar-refractivity contribution in [2.45, 2.75) is 44.6 Å². The zero-order valence-corrected chi connectivity index (χ0v) is 13.3. The third kappa shape index (κ3) is 3.53. The Labute approximate surface area is 130 Å². The molecule has 1 aromatic carbocycles. The lowest BCUT2D eigenvalue weighted by molar-refractivity contribution is 0.597. The van der Waals surface area contributed by atoms with Gasteiger partial charge in [0.15, 0.2) is 0 Å². The molecule has 0 aliphatic heterocycles. The minimum Gasteiger partial charge on any atom is -0.312 e. The number of aryl methyl sites for hydroxylation is 2. The van der Waals surface area contributed by atoms with Crippen molar-refractivity contribution in [1.82, 2.24) is 5.32 Å². The quantitative estimate of drug-likeness (QED) is 0.810. The summed E-state index contributed by atoms with van der Waals surface area (Å²) < 4.78 is 13.0. The van der Waals surface area contributed by atoms with Gasteiger partial charge in [0.2, 0.25) is 0 Å². The first-order chi connectivity index (χ1) is 10.3. The van der Waals surface area contributed by atoms with E-state index in [1.54, 1.807) is 22.6 Å². The molecular formula is C18H22FNS. The van der Waals surface area contributed by atoms with E-state index < -0.39 is 0 Å². The molecule has 1 heterocycles. The fourth-order valence-corrected chi connectivity index (χ4v) is 4.43. The summed E-state index contributed by atoms with van der Waals surface area (Å²) in [5.74, 6) is -0.164. The average Bonchev–Trinajstić information content (AvgIpc) is 2.77. The number of thiophene rings is 1. The van der Waals surface area contributed by atoms with Gasteiger partial charge in [-0.1, -0.05) is 18.6 Å². The molecule has 0 bridgehead atoms. The smallest absolute Gasteiger partial charge is 0.123 e. The fourth-order valence-electron chi connectivity index (χ4n) is 3.06. The Balaban J connectivity index is 1.78. The van der Waals surface area contributed by atoms with Crippen molar-refractivity contribution in [2.75, 3.05) is 7.05 Å². The number of hydrogen-bond acceptors (Lipinski definition) is 2. The number of likely N-dealkylation sites (N-methyl/N-ethyl adjacent to an activating group) is 1. The van der Waals surface area contributed by atoms with Gasteiger partial charge in [0.1, 0.15) is 5.82 Å². The van der Waals surface area contributed by atoms with E-state index in [4.69, 9.17) is 0 Å². The lowest BCUT2D eigenvalue weighted by atomic mass is 10.0. The van der Waals surface area contributed by atoms with Gasteiger partial charge in [-0.2, -0.15) is 0 Å². The molecule has 1 unspecified atom stereocenters. The maximum atomic E-state index is 13.0. The summed E-state index contributed by atoms with van der Waals surface area (Å²) in [7, 11) is 2.01. The molecule has 0 saturated heterocycles. The van der Waals surface area contributed by atoms with Crippen LogP contribution in [0.5, 0.6) is 0 Å². The molecule has 1 N–H and O–H groups in total. The van der Waals surface area contributed by atoms with Crippen LogP contribution >= 0.6 is 11.3 Å². The molecule has 3 rings (SSSR count). The monoisotopic (exact) mass is 303 g/mol. The minimum absolute atomic E-state index is 0.164. The highest BCUT2D eigenvalue weighted by molar-refractivity contribution is 7.12. The topological polar surface area (TPSA) is 12.0 Å². The maximum absolute atomic E-state index is 13.0. The van der Waals surface area contributed by atoms with Gasteiger partial charge in [0.25, 0.3) is 0 Å². The van der Waals surface area contributed by atoms with E-state index in [0.29, 0.717) is 6.04 Å². The van der Waals surface area contributed by atoms with E-state index in [1.807, 2.05) is 30.5 Å². The first-order valence-electron chi connectivity index (χ1n) is 7.79. The van der Waals surface area contributed by atoms with Gasteiger partial charge in [-0.3, -0.25) is 0 Å². The molecule has 0 saturated carbocycles. The highest BCUT2D eigenvalue weighted by Gasteiger charge is 2.17. The standard InChI is InChI=1S/C18H22FNS/c1-20-16(11-13-7-9-15(19)10-8-13)18-12-14-5-3-2-4-6-17(14)21-18/h7-10,12,16,20H,2-6,11H2,1H3. The molecule has 1 nitrogen and oxygen atoms in total. The molecule has 1 atom stereocenters. The van der Waals surface area contributed by atoms with Crippen LogP contribution in [0.2, 0.25) is 0 Å². The van der Waals surface area contributed by atoms with Crippen LogP contribution in [-0.4, -0.2) is 7.05 Å². The number of benzene rings is 1. The second-order valence-corrected chi connectivity index (χ2v) is 7.00. The molecule has 1 aromatic heterocycles. The summed E-state index contributed by atoms with van der Waals surface area (Å²) in [4.78, 5) is 3.01. The largest absolute Gasteiger partial charge is 0.312 e. The molecule has 0 radical (unpaired) electrons. The van der Waals surface area contributed by atoms with E-state index in [1.165, 1.54) is 42.5 Å². The van der Waals surface area contributed by atoms with Crippen LogP contribution in [0.15, 0.2) is 30.3 Å². The Morgan fingerprint density at radius 1 is 1.14 bits per heavy atom. The number of rotatable bonds is 4. The molecule has 2 aromatic rings. The van der Waals surface area contributed by atoms with Crippen molar-refractivity contribution in [2.24, 2.45) is 0 Å². The van der Waals surface area contributed by atoms with Crippen LogP contribution in [0, 0.1) is 5.82 Å². The molecule has 0 spiro atoms. The molecule has 0 fully saturated rings. The van der Waals surface area contributed by atoms with E-state index in [9.17, 15) is 4.39 Å². The van der Waals surface area contributed by atoms with Crippen molar-refractivity contribution in [3.8, 4) is 0 Å². The Morgan fingerprint density at radius 2 is 1.90 bits per heavy atom.